The Morgan fingerprint density at radius 2 is 1.61 bits per heavy atom. The van der Waals surface area contributed by atoms with Crippen LogP contribution in [0, 0.1) is 6.92 Å². The number of carboxylic acid groups (broad SMARTS) is 1. The molecule has 2 rings (SSSR count). The van der Waals surface area contributed by atoms with Crippen LogP contribution in [0.15, 0.2) is 64.6 Å². The van der Waals surface area contributed by atoms with Crippen LogP contribution in [0.4, 0.5) is 0 Å². The van der Waals surface area contributed by atoms with E-state index in [-0.39, 0.29) is 10.6 Å². The summed E-state index contributed by atoms with van der Waals surface area (Å²) in [5, 5.41) is 13.1. The summed E-state index contributed by atoms with van der Waals surface area (Å²) < 4.78 is 25.6. The summed E-state index contributed by atoms with van der Waals surface area (Å²) in [5.74, 6) is -1.30. The molecule has 6 nitrogen and oxygen atoms in total. The molecular weight excluding hydrogens is 316 g/mol. The molecule has 0 saturated carbocycles. The average molecular weight is 332 g/mol. The molecule has 0 bridgehead atoms. The maximum Gasteiger partial charge on any atom is 0.356 e. The van der Waals surface area contributed by atoms with Crippen molar-refractivity contribution in [2.45, 2.75) is 11.8 Å². The summed E-state index contributed by atoms with van der Waals surface area (Å²) in [6.45, 7) is 1.84. The largest absolute Gasteiger partial charge is 0.476 e. The van der Waals surface area contributed by atoms with Gasteiger partial charge in [-0.2, -0.15) is 17.9 Å². The maximum absolute atomic E-state index is 12.5. The van der Waals surface area contributed by atoms with Gasteiger partial charge in [0.1, 0.15) is 0 Å². The van der Waals surface area contributed by atoms with Crippen molar-refractivity contribution in [2.24, 2.45) is 5.10 Å². The van der Waals surface area contributed by atoms with Crippen molar-refractivity contribution in [1.29, 1.82) is 0 Å². The number of sulfonamides is 1. The lowest BCUT2D eigenvalue weighted by Crippen LogP contribution is -2.26. The summed E-state index contributed by atoms with van der Waals surface area (Å²) in [5.41, 5.74) is 0.903. The Morgan fingerprint density at radius 3 is 2.13 bits per heavy atom. The summed E-state index contributed by atoms with van der Waals surface area (Å²) in [6.07, 6.45) is 0. The molecule has 0 aliphatic rings. The van der Waals surface area contributed by atoms with Gasteiger partial charge in [-0.25, -0.2) is 4.79 Å². The zero-order valence-electron chi connectivity index (χ0n) is 12.7. The fourth-order valence-electron chi connectivity index (χ4n) is 1.88. The van der Waals surface area contributed by atoms with Crippen LogP contribution in [0.25, 0.3) is 0 Å². The first-order valence-corrected chi connectivity index (χ1v) is 8.19. The van der Waals surface area contributed by atoms with Crippen LogP contribution in [-0.2, 0) is 14.8 Å². The first-order valence-electron chi connectivity index (χ1n) is 6.75. The molecule has 0 aliphatic heterocycles. The van der Waals surface area contributed by atoms with Crippen molar-refractivity contribution in [3.63, 3.8) is 0 Å². The molecule has 7 heteroatoms. The number of benzene rings is 2. The third-order valence-electron chi connectivity index (χ3n) is 3.16. The molecule has 0 spiro atoms. The smallest absolute Gasteiger partial charge is 0.356 e. The van der Waals surface area contributed by atoms with E-state index in [2.05, 4.69) is 5.10 Å². The third kappa shape index (κ3) is 3.75. The lowest BCUT2D eigenvalue weighted by Gasteiger charge is -2.15. The van der Waals surface area contributed by atoms with Crippen molar-refractivity contribution in [2.75, 3.05) is 7.05 Å². The molecule has 2 aromatic carbocycles. The fraction of sp³-hybridized carbons (Fsp3) is 0.125. The number of aliphatic carboxylic acids is 1. The van der Waals surface area contributed by atoms with Crippen LogP contribution < -0.4 is 0 Å². The number of carboxylic acids is 1. The molecule has 0 radical (unpaired) electrons. The van der Waals surface area contributed by atoms with Crippen molar-refractivity contribution in [1.82, 2.24) is 4.41 Å². The van der Waals surface area contributed by atoms with E-state index in [0.29, 0.717) is 9.98 Å². The number of carbonyl (C=O) groups is 1. The van der Waals surface area contributed by atoms with E-state index < -0.39 is 16.0 Å². The molecule has 0 unspecified atom stereocenters. The highest BCUT2D eigenvalue weighted by molar-refractivity contribution is 7.89. The molecule has 1 N–H and O–H groups in total. The fourth-order valence-corrected chi connectivity index (χ4v) is 2.85. The van der Waals surface area contributed by atoms with E-state index >= 15 is 0 Å². The van der Waals surface area contributed by atoms with E-state index in [1.165, 1.54) is 19.2 Å². The Morgan fingerprint density at radius 1 is 1.04 bits per heavy atom. The minimum Gasteiger partial charge on any atom is -0.476 e. The van der Waals surface area contributed by atoms with Gasteiger partial charge in [0.15, 0.2) is 5.71 Å². The number of hydrogen-bond acceptors (Lipinski definition) is 4. The van der Waals surface area contributed by atoms with Gasteiger partial charge in [0.2, 0.25) is 0 Å². The lowest BCUT2D eigenvalue weighted by atomic mass is 10.1. The molecule has 0 fully saturated rings. The topological polar surface area (TPSA) is 87.0 Å². The van der Waals surface area contributed by atoms with Crippen LogP contribution in [0.5, 0.6) is 0 Å². The van der Waals surface area contributed by atoms with Gasteiger partial charge in [-0.15, -0.1) is 0 Å². The molecule has 0 aliphatic carbocycles. The van der Waals surface area contributed by atoms with Gasteiger partial charge in [-0.1, -0.05) is 48.0 Å². The van der Waals surface area contributed by atoms with Crippen LogP contribution in [0.3, 0.4) is 0 Å². The molecule has 0 heterocycles. The Labute approximate surface area is 134 Å². The number of rotatable bonds is 5. The summed E-state index contributed by atoms with van der Waals surface area (Å²) in [4.78, 5) is 11.4. The summed E-state index contributed by atoms with van der Waals surface area (Å²) >= 11 is 0. The van der Waals surface area contributed by atoms with E-state index in [1.54, 1.807) is 42.5 Å². The Balaban J connectivity index is 2.43. The van der Waals surface area contributed by atoms with E-state index in [0.717, 1.165) is 5.56 Å². The van der Waals surface area contributed by atoms with Gasteiger partial charge < -0.3 is 5.11 Å². The lowest BCUT2D eigenvalue weighted by molar-refractivity contribution is -0.129. The first-order chi connectivity index (χ1) is 10.8. The maximum atomic E-state index is 12.5. The highest BCUT2D eigenvalue weighted by Gasteiger charge is 2.22. The number of aryl methyl sites for hydroxylation is 1. The van der Waals surface area contributed by atoms with E-state index in [9.17, 15) is 18.3 Å². The predicted octanol–water partition coefficient (Wildman–Crippen LogP) is 2.10. The molecule has 120 valence electrons. The number of nitrogens with zero attached hydrogens (tertiary/aromatic N) is 2. The van der Waals surface area contributed by atoms with Crippen LogP contribution >= 0.6 is 0 Å². The average Bonchev–Trinajstić information content (AvgIpc) is 2.53. The highest BCUT2D eigenvalue weighted by Crippen LogP contribution is 2.16. The zero-order valence-corrected chi connectivity index (χ0v) is 13.5. The van der Waals surface area contributed by atoms with Crippen LogP contribution in [-0.4, -0.2) is 36.7 Å². The molecule has 0 aromatic heterocycles. The van der Waals surface area contributed by atoms with Crippen molar-refractivity contribution < 1.29 is 18.3 Å². The molecule has 0 atom stereocenters. The second-order valence-electron chi connectivity index (χ2n) is 4.87. The molecule has 0 amide bonds. The van der Waals surface area contributed by atoms with Gasteiger partial charge >= 0.3 is 5.97 Å². The first kappa shape index (κ1) is 16.7. The van der Waals surface area contributed by atoms with Crippen LogP contribution in [0.2, 0.25) is 0 Å². The van der Waals surface area contributed by atoms with Gasteiger partial charge in [0.25, 0.3) is 10.0 Å². The zero-order chi connectivity index (χ0) is 17.0. The normalized spacial score (nSPS) is 12.0. The number of hydrazone groups is 1. The van der Waals surface area contributed by atoms with Gasteiger partial charge in [0.05, 0.1) is 4.90 Å². The standard InChI is InChI=1S/C16H16N2O4S/c1-12-8-10-14(11-9-12)23(21,22)18(2)17-15(16(19)20)13-6-4-3-5-7-13/h3-11H,1-2H3,(H,19,20)/b17-15-. The monoisotopic (exact) mass is 332 g/mol. The molecule has 0 saturated heterocycles. The molecule has 2 aromatic rings. The van der Waals surface area contributed by atoms with E-state index in [4.69, 9.17) is 0 Å². The minimum absolute atomic E-state index is 0.0483. The second-order valence-corrected chi connectivity index (χ2v) is 6.82. The third-order valence-corrected chi connectivity index (χ3v) is 4.80. The minimum atomic E-state index is -3.91. The molecular formula is C16H16N2O4S. The van der Waals surface area contributed by atoms with Crippen LogP contribution in [0.1, 0.15) is 11.1 Å². The molecule has 23 heavy (non-hydrogen) atoms. The highest BCUT2D eigenvalue weighted by atomic mass is 32.2. The number of hydrogen-bond donors (Lipinski definition) is 1. The van der Waals surface area contributed by atoms with Gasteiger partial charge in [-0.05, 0) is 19.1 Å². The Kier molecular flexibility index (Phi) is 4.80. The summed E-state index contributed by atoms with van der Waals surface area (Å²) in [7, 11) is -2.70. The second kappa shape index (κ2) is 6.62. The Hall–Kier alpha value is -2.67. The van der Waals surface area contributed by atoms with E-state index in [1.807, 2.05) is 6.92 Å². The quantitative estimate of drug-likeness (QED) is 0.671. The van der Waals surface area contributed by atoms with Gasteiger partial charge in [-0.3, -0.25) is 0 Å². The van der Waals surface area contributed by atoms with Crippen molar-refractivity contribution in [3.8, 4) is 0 Å². The van der Waals surface area contributed by atoms with Crippen molar-refractivity contribution in [3.05, 3.63) is 65.7 Å². The Bertz CT molecular complexity index is 828. The predicted molar refractivity (Wildman–Crippen MR) is 86.7 cm³/mol. The van der Waals surface area contributed by atoms with Gasteiger partial charge in [0, 0.05) is 12.6 Å². The summed E-state index contributed by atoms with van der Waals surface area (Å²) in [6, 6.07) is 14.4. The van der Waals surface area contributed by atoms with Crippen molar-refractivity contribution >= 4 is 21.7 Å². The SMILES string of the molecule is Cc1ccc(S(=O)(=O)N(C)/N=C(\C(=O)O)c2ccccc2)cc1.